The van der Waals surface area contributed by atoms with Crippen LogP contribution in [0.25, 0.3) is 11.1 Å². The van der Waals surface area contributed by atoms with Gasteiger partial charge in [-0.25, -0.2) is 22.0 Å². The highest BCUT2D eigenvalue weighted by Gasteiger charge is 2.29. The average Bonchev–Trinajstić information content (AvgIpc) is 2.39. The highest BCUT2D eigenvalue weighted by atomic mass is 19.2. The van der Waals surface area contributed by atoms with Crippen molar-refractivity contribution in [3.8, 4) is 11.1 Å². The van der Waals surface area contributed by atoms with Gasteiger partial charge in [0.15, 0.2) is 23.3 Å². The molecule has 0 spiro atoms. The summed E-state index contributed by atoms with van der Waals surface area (Å²) >= 11 is 0. The number of carbonyl (C=O) groups is 1. The maximum absolute atomic E-state index is 13.8. The van der Waals surface area contributed by atoms with Crippen LogP contribution in [0, 0.1) is 29.1 Å². The van der Waals surface area contributed by atoms with E-state index >= 15 is 0 Å². The van der Waals surface area contributed by atoms with Crippen molar-refractivity contribution in [1.29, 1.82) is 0 Å². The van der Waals surface area contributed by atoms with Gasteiger partial charge in [-0.3, -0.25) is 4.79 Å². The molecule has 0 atom stereocenters. The first-order valence-corrected chi connectivity index (χ1v) is 5.27. The van der Waals surface area contributed by atoms with E-state index < -0.39 is 51.7 Å². The number of amides is 1. The molecule has 0 heterocycles. The molecule has 2 aromatic carbocycles. The van der Waals surface area contributed by atoms with Gasteiger partial charge in [0.25, 0.3) is 5.91 Å². The second-order valence-corrected chi connectivity index (χ2v) is 3.85. The lowest BCUT2D eigenvalue weighted by molar-refractivity contribution is 0.0990. The number of primary amides is 1. The van der Waals surface area contributed by atoms with Crippen LogP contribution in [0.3, 0.4) is 0 Å². The summed E-state index contributed by atoms with van der Waals surface area (Å²) in [5.41, 5.74) is 1.20. The van der Waals surface area contributed by atoms with Gasteiger partial charge in [-0.05, 0) is 6.07 Å². The van der Waals surface area contributed by atoms with Crippen molar-refractivity contribution in [2.75, 3.05) is 0 Å². The molecule has 0 bridgehead atoms. The Hall–Kier alpha value is -2.44. The molecule has 0 aliphatic rings. The van der Waals surface area contributed by atoms with Crippen LogP contribution in [0.15, 0.2) is 24.3 Å². The lowest BCUT2D eigenvalue weighted by Crippen LogP contribution is -2.19. The Morgan fingerprint density at radius 3 is 1.80 bits per heavy atom. The molecule has 0 radical (unpaired) electrons. The molecule has 1 amide bonds. The van der Waals surface area contributed by atoms with Crippen molar-refractivity contribution in [2.24, 2.45) is 5.73 Å². The number of halogens is 5. The van der Waals surface area contributed by atoms with E-state index in [1.165, 1.54) is 12.1 Å². The number of nitrogens with two attached hydrogens (primary N) is 1. The zero-order chi connectivity index (χ0) is 15.0. The summed E-state index contributed by atoms with van der Waals surface area (Å²) in [6, 6.07) is 4.28. The van der Waals surface area contributed by atoms with E-state index in [1.54, 1.807) is 0 Å². The van der Waals surface area contributed by atoms with E-state index in [9.17, 15) is 26.7 Å². The van der Waals surface area contributed by atoms with Crippen molar-refractivity contribution >= 4 is 5.91 Å². The quantitative estimate of drug-likeness (QED) is 0.669. The molecular formula is C13H6F5NO. The van der Waals surface area contributed by atoms with Crippen LogP contribution in [0.4, 0.5) is 22.0 Å². The van der Waals surface area contributed by atoms with Gasteiger partial charge in [-0.2, -0.15) is 0 Å². The summed E-state index contributed by atoms with van der Waals surface area (Å²) in [4.78, 5) is 10.8. The summed E-state index contributed by atoms with van der Waals surface area (Å²) in [7, 11) is 0. The number of benzene rings is 2. The van der Waals surface area contributed by atoms with Crippen molar-refractivity contribution in [3.63, 3.8) is 0 Å². The lowest BCUT2D eigenvalue weighted by atomic mass is 10.00. The molecule has 0 saturated carbocycles. The van der Waals surface area contributed by atoms with E-state index in [4.69, 9.17) is 0 Å². The normalized spacial score (nSPS) is 10.7. The third-order valence-corrected chi connectivity index (χ3v) is 2.65. The summed E-state index contributed by atoms with van der Waals surface area (Å²) in [6.45, 7) is 0. The average molecular weight is 287 g/mol. The van der Waals surface area contributed by atoms with Gasteiger partial charge >= 0.3 is 0 Å². The number of hydrogen-bond acceptors (Lipinski definition) is 1. The minimum Gasteiger partial charge on any atom is -0.365 e. The zero-order valence-electron chi connectivity index (χ0n) is 9.68. The Morgan fingerprint density at radius 2 is 1.35 bits per heavy atom. The molecule has 20 heavy (non-hydrogen) atoms. The Kier molecular flexibility index (Phi) is 3.44. The van der Waals surface area contributed by atoms with Gasteiger partial charge in [0.2, 0.25) is 0 Å². The minimum absolute atomic E-state index is 0.670. The fourth-order valence-electron chi connectivity index (χ4n) is 1.75. The highest BCUT2D eigenvalue weighted by molar-refractivity contribution is 5.94. The first kappa shape index (κ1) is 14.0. The zero-order valence-corrected chi connectivity index (χ0v) is 9.68. The van der Waals surface area contributed by atoms with Crippen molar-refractivity contribution in [1.82, 2.24) is 0 Å². The molecule has 2 aromatic rings. The van der Waals surface area contributed by atoms with Crippen LogP contribution in [-0.4, -0.2) is 5.91 Å². The van der Waals surface area contributed by atoms with Crippen LogP contribution in [0.5, 0.6) is 0 Å². The van der Waals surface area contributed by atoms with Crippen molar-refractivity contribution < 1.29 is 26.7 Å². The molecule has 0 aromatic heterocycles. The van der Waals surface area contributed by atoms with E-state index in [-0.39, 0.29) is 0 Å². The van der Waals surface area contributed by atoms with E-state index in [0.29, 0.717) is 0 Å². The summed E-state index contributed by atoms with van der Waals surface area (Å²) < 4.78 is 68.2. The molecule has 0 aliphatic carbocycles. The van der Waals surface area contributed by atoms with Crippen LogP contribution < -0.4 is 5.73 Å². The Bertz CT molecular complexity index is 685. The third-order valence-electron chi connectivity index (χ3n) is 2.65. The van der Waals surface area contributed by atoms with Gasteiger partial charge in [0.1, 0.15) is 11.4 Å². The summed E-state index contributed by atoms with van der Waals surface area (Å²) in [5, 5.41) is 0. The maximum atomic E-state index is 13.8. The minimum atomic E-state index is -1.96. The predicted octanol–water partition coefficient (Wildman–Crippen LogP) is 3.15. The third kappa shape index (κ3) is 2.01. The van der Waals surface area contributed by atoms with E-state index in [1.807, 2.05) is 0 Å². The monoisotopic (exact) mass is 287 g/mol. The van der Waals surface area contributed by atoms with Gasteiger partial charge < -0.3 is 5.73 Å². The summed E-state index contributed by atoms with van der Waals surface area (Å²) in [6.07, 6.45) is 0. The lowest BCUT2D eigenvalue weighted by Gasteiger charge is -2.11. The molecule has 0 saturated heterocycles. The first-order chi connectivity index (χ1) is 9.36. The van der Waals surface area contributed by atoms with Gasteiger partial charge in [-0.15, -0.1) is 0 Å². The number of carbonyl (C=O) groups excluding carboxylic acids is 1. The van der Waals surface area contributed by atoms with E-state index in [2.05, 4.69) is 5.73 Å². The molecule has 7 heteroatoms. The van der Waals surface area contributed by atoms with Crippen molar-refractivity contribution in [3.05, 3.63) is 58.9 Å². The second kappa shape index (κ2) is 4.92. The number of rotatable bonds is 2. The van der Waals surface area contributed by atoms with Gasteiger partial charge in [-0.1, -0.05) is 18.2 Å². The van der Waals surface area contributed by atoms with E-state index in [0.717, 1.165) is 12.1 Å². The Labute approximate surface area is 109 Å². The molecule has 0 unspecified atom stereocenters. The van der Waals surface area contributed by atoms with Gasteiger partial charge in [0.05, 0.1) is 5.56 Å². The fourth-order valence-corrected chi connectivity index (χ4v) is 1.75. The highest BCUT2D eigenvalue weighted by Crippen LogP contribution is 2.33. The Morgan fingerprint density at radius 1 is 0.850 bits per heavy atom. The molecule has 0 fully saturated rings. The molecule has 104 valence electrons. The molecule has 2 N–H and O–H groups in total. The molecular weight excluding hydrogens is 281 g/mol. The standard InChI is InChI=1S/C13H6F5NO/c14-6-4-2-1-3-5(6)7-9(15)11(17)8(13(19)20)12(18)10(7)16/h1-4H,(H2,19,20). The van der Waals surface area contributed by atoms with Gasteiger partial charge in [0, 0.05) is 5.56 Å². The largest absolute Gasteiger partial charge is 0.365 e. The van der Waals surface area contributed by atoms with Crippen molar-refractivity contribution in [2.45, 2.75) is 0 Å². The van der Waals surface area contributed by atoms with Crippen LogP contribution in [0.2, 0.25) is 0 Å². The molecule has 0 aliphatic heterocycles. The summed E-state index contributed by atoms with van der Waals surface area (Å²) in [5.74, 6) is -10.4. The Balaban J connectivity index is 2.87. The topological polar surface area (TPSA) is 43.1 Å². The second-order valence-electron chi connectivity index (χ2n) is 3.85. The maximum Gasteiger partial charge on any atom is 0.254 e. The fraction of sp³-hybridized carbons (Fsp3) is 0. The molecule has 2 nitrogen and oxygen atoms in total. The number of hydrogen-bond donors (Lipinski definition) is 1. The van der Waals surface area contributed by atoms with Crippen LogP contribution in [0.1, 0.15) is 10.4 Å². The smallest absolute Gasteiger partial charge is 0.254 e. The van der Waals surface area contributed by atoms with Crippen LogP contribution in [-0.2, 0) is 0 Å². The first-order valence-electron chi connectivity index (χ1n) is 5.27. The van der Waals surface area contributed by atoms with Crippen LogP contribution >= 0.6 is 0 Å². The predicted molar refractivity (Wildman–Crippen MR) is 60.2 cm³/mol. The SMILES string of the molecule is NC(=O)c1c(F)c(F)c(-c2ccccc2F)c(F)c1F. The molecule has 2 rings (SSSR count).